The first-order valence-corrected chi connectivity index (χ1v) is 9.82. The third kappa shape index (κ3) is 4.64. The fourth-order valence-electron chi connectivity index (χ4n) is 3.29. The average Bonchev–Trinajstić information content (AvgIpc) is 2.79. The van der Waals surface area contributed by atoms with E-state index in [1.807, 2.05) is 0 Å². The summed E-state index contributed by atoms with van der Waals surface area (Å²) in [5, 5.41) is 12.6. The Labute approximate surface area is 187 Å². The minimum atomic E-state index is -1.21. The smallest absolute Gasteiger partial charge is 0.343 e. The molecule has 0 radical (unpaired) electrons. The number of benzene rings is 3. The van der Waals surface area contributed by atoms with Crippen LogP contribution < -0.4 is 15.7 Å². The number of rotatable bonds is 5. The molecule has 1 heterocycles. The third-order valence-electron chi connectivity index (χ3n) is 4.91. The number of aromatic carboxylic acids is 1. The van der Waals surface area contributed by atoms with Crippen LogP contribution in [0.2, 0.25) is 0 Å². The molecule has 0 bridgehead atoms. The second-order valence-electron chi connectivity index (χ2n) is 7.18. The quantitative estimate of drug-likeness (QED) is 0.268. The van der Waals surface area contributed by atoms with Crippen LogP contribution in [-0.4, -0.2) is 23.0 Å². The van der Waals surface area contributed by atoms with E-state index in [0.29, 0.717) is 11.3 Å². The Morgan fingerprint density at radius 1 is 0.909 bits per heavy atom. The first-order chi connectivity index (χ1) is 15.8. The van der Waals surface area contributed by atoms with Crippen LogP contribution in [-0.2, 0) is 0 Å². The number of hydrogen-bond donors (Lipinski definition) is 2. The second-order valence-corrected chi connectivity index (χ2v) is 7.18. The number of esters is 1. The van der Waals surface area contributed by atoms with E-state index in [1.165, 1.54) is 54.6 Å². The van der Waals surface area contributed by atoms with Crippen molar-refractivity contribution in [1.29, 1.82) is 0 Å². The summed E-state index contributed by atoms with van der Waals surface area (Å²) < 4.78 is 10.5. The van der Waals surface area contributed by atoms with Crippen molar-refractivity contribution in [3.05, 3.63) is 105 Å². The van der Waals surface area contributed by atoms with Crippen LogP contribution in [0.3, 0.4) is 0 Å². The van der Waals surface area contributed by atoms with Crippen LogP contribution in [0.4, 0.5) is 5.69 Å². The van der Waals surface area contributed by atoms with Crippen LogP contribution in [0.25, 0.3) is 11.0 Å². The molecule has 8 nitrogen and oxygen atoms in total. The lowest BCUT2D eigenvalue weighted by Gasteiger charge is -2.09. The van der Waals surface area contributed by atoms with Crippen molar-refractivity contribution in [1.82, 2.24) is 0 Å². The summed E-state index contributed by atoms with van der Waals surface area (Å²) >= 11 is 0. The number of anilines is 1. The number of carbonyl (C=O) groups is 3. The van der Waals surface area contributed by atoms with E-state index in [0.717, 1.165) is 10.9 Å². The highest BCUT2D eigenvalue weighted by Crippen LogP contribution is 2.23. The molecule has 0 atom stereocenters. The Morgan fingerprint density at radius 2 is 1.61 bits per heavy atom. The normalized spacial score (nSPS) is 10.6. The van der Waals surface area contributed by atoms with Crippen molar-refractivity contribution in [2.45, 2.75) is 6.92 Å². The average molecular weight is 443 g/mol. The number of ether oxygens (including phenoxy) is 1. The minimum Gasteiger partial charge on any atom is -0.478 e. The molecule has 0 fully saturated rings. The van der Waals surface area contributed by atoms with Crippen molar-refractivity contribution in [3.8, 4) is 5.75 Å². The zero-order chi connectivity index (χ0) is 23.5. The SMILES string of the molecule is Cc1cc(=O)oc2cc(OC(=O)c3ccc(NC(=O)c4ccccc4C(=O)O)cc3)ccc12. The largest absolute Gasteiger partial charge is 0.478 e. The zero-order valence-electron chi connectivity index (χ0n) is 17.3. The van der Waals surface area contributed by atoms with Gasteiger partial charge < -0.3 is 19.6 Å². The lowest BCUT2D eigenvalue weighted by molar-refractivity contribution is 0.0690. The Morgan fingerprint density at radius 3 is 2.30 bits per heavy atom. The van der Waals surface area contributed by atoms with Gasteiger partial charge in [0.1, 0.15) is 11.3 Å². The van der Waals surface area contributed by atoms with Crippen LogP contribution in [0.15, 0.2) is 82.0 Å². The van der Waals surface area contributed by atoms with Crippen molar-refractivity contribution >= 4 is 34.5 Å². The van der Waals surface area contributed by atoms with Gasteiger partial charge in [0.15, 0.2) is 0 Å². The highest BCUT2D eigenvalue weighted by Gasteiger charge is 2.16. The molecule has 2 N–H and O–H groups in total. The van der Waals surface area contributed by atoms with Gasteiger partial charge in [-0.15, -0.1) is 0 Å². The van der Waals surface area contributed by atoms with Crippen LogP contribution in [0, 0.1) is 6.92 Å². The predicted molar refractivity (Wildman–Crippen MR) is 120 cm³/mol. The van der Waals surface area contributed by atoms with Crippen molar-refractivity contribution < 1.29 is 28.6 Å². The zero-order valence-corrected chi connectivity index (χ0v) is 17.3. The van der Waals surface area contributed by atoms with E-state index in [2.05, 4.69) is 5.32 Å². The van der Waals surface area contributed by atoms with E-state index in [9.17, 15) is 24.3 Å². The standard InChI is InChI=1S/C25H17NO7/c1-14-12-22(27)33-21-13-17(10-11-18(14)21)32-25(31)15-6-8-16(9-7-15)26-23(28)19-4-2-3-5-20(19)24(29)30/h2-13H,1H3,(H,26,28)(H,29,30). The van der Waals surface area contributed by atoms with Gasteiger partial charge in [0.25, 0.3) is 5.91 Å². The Kier molecular flexibility index (Phi) is 5.73. The summed E-state index contributed by atoms with van der Waals surface area (Å²) in [5.74, 6) is -2.22. The maximum Gasteiger partial charge on any atom is 0.343 e. The molecule has 1 amide bonds. The number of hydrogen-bond acceptors (Lipinski definition) is 6. The second kappa shape index (κ2) is 8.80. The summed E-state index contributed by atoms with van der Waals surface area (Å²) in [4.78, 5) is 47.8. The molecule has 0 aliphatic rings. The van der Waals surface area contributed by atoms with Gasteiger partial charge in [-0.2, -0.15) is 0 Å². The molecule has 4 rings (SSSR count). The summed E-state index contributed by atoms with van der Waals surface area (Å²) in [6.07, 6.45) is 0. The fourth-order valence-corrected chi connectivity index (χ4v) is 3.29. The predicted octanol–water partition coefficient (Wildman–Crippen LogP) is 4.27. The molecule has 1 aromatic heterocycles. The first-order valence-electron chi connectivity index (χ1n) is 9.82. The number of amides is 1. The minimum absolute atomic E-state index is 0.0201. The molecule has 0 unspecified atom stereocenters. The number of aryl methyl sites for hydroxylation is 1. The maximum absolute atomic E-state index is 12.5. The lowest BCUT2D eigenvalue weighted by Crippen LogP contribution is -2.16. The maximum atomic E-state index is 12.5. The number of fused-ring (bicyclic) bond motifs is 1. The van der Waals surface area contributed by atoms with E-state index in [-0.39, 0.29) is 22.4 Å². The highest BCUT2D eigenvalue weighted by molar-refractivity contribution is 6.10. The third-order valence-corrected chi connectivity index (χ3v) is 4.91. The topological polar surface area (TPSA) is 123 Å². The van der Waals surface area contributed by atoms with Gasteiger partial charge >= 0.3 is 17.6 Å². The Bertz CT molecular complexity index is 1450. The molecular formula is C25H17NO7. The van der Waals surface area contributed by atoms with E-state index in [1.54, 1.807) is 25.1 Å². The summed E-state index contributed by atoms with van der Waals surface area (Å²) in [6.45, 7) is 1.78. The molecule has 0 saturated carbocycles. The van der Waals surface area contributed by atoms with Gasteiger partial charge in [0.05, 0.1) is 16.7 Å². The molecule has 0 aliphatic carbocycles. The molecule has 33 heavy (non-hydrogen) atoms. The number of carboxylic acid groups (broad SMARTS) is 1. The molecule has 0 aliphatic heterocycles. The van der Waals surface area contributed by atoms with Gasteiger partial charge in [-0.05, 0) is 61.0 Å². The molecule has 3 aromatic carbocycles. The van der Waals surface area contributed by atoms with E-state index in [4.69, 9.17) is 9.15 Å². The molecule has 0 saturated heterocycles. The van der Waals surface area contributed by atoms with Crippen molar-refractivity contribution in [2.24, 2.45) is 0 Å². The van der Waals surface area contributed by atoms with Gasteiger partial charge in [-0.1, -0.05) is 12.1 Å². The summed E-state index contributed by atoms with van der Waals surface area (Å²) in [7, 11) is 0. The van der Waals surface area contributed by atoms with Gasteiger partial charge in [-0.25, -0.2) is 14.4 Å². The van der Waals surface area contributed by atoms with Crippen molar-refractivity contribution in [2.75, 3.05) is 5.32 Å². The van der Waals surface area contributed by atoms with Gasteiger partial charge in [0, 0.05) is 23.2 Å². The first kappa shape index (κ1) is 21.5. The van der Waals surface area contributed by atoms with Crippen LogP contribution >= 0.6 is 0 Å². The molecule has 0 spiro atoms. The Balaban J connectivity index is 1.48. The summed E-state index contributed by atoms with van der Waals surface area (Å²) in [5.41, 5.74) is 1.08. The van der Waals surface area contributed by atoms with Gasteiger partial charge in [0.2, 0.25) is 0 Å². The van der Waals surface area contributed by atoms with Crippen LogP contribution in [0.5, 0.6) is 5.75 Å². The van der Waals surface area contributed by atoms with Crippen LogP contribution in [0.1, 0.15) is 36.6 Å². The molecule has 164 valence electrons. The number of carboxylic acids is 1. The summed E-state index contributed by atoms with van der Waals surface area (Å²) in [6, 6.07) is 17.9. The monoisotopic (exact) mass is 443 g/mol. The van der Waals surface area contributed by atoms with E-state index < -0.39 is 23.5 Å². The van der Waals surface area contributed by atoms with Gasteiger partial charge in [-0.3, -0.25) is 4.79 Å². The number of carbonyl (C=O) groups excluding carboxylic acids is 2. The molecule has 4 aromatic rings. The van der Waals surface area contributed by atoms with E-state index >= 15 is 0 Å². The van der Waals surface area contributed by atoms with Crippen molar-refractivity contribution in [3.63, 3.8) is 0 Å². The molecular weight excluding hydrogens is 426 g/mol. The molecule has 8 heteroatoms. The Hall–Kier alpha value is -4.72. The fraction of sp³-hybridized carbons (Fsp3) is 0.0400. The highest BCUT2D eigenvalue weighted by atomic mass is 16.5. The lowest BCUT2D eigenvalue weighted by atomic mass is 10.1. The number of nitrogens with one attached hydrogen (secondary N) is 1.